The Hall–Kier alpha value is -0.200. The molecule has 96 valence electrons. The van der Waals surface area contributed by atoms with E-state index in [9.17, 15) is 5.11 Å². The summed E-state index contributed by atoms with van der Waals surface area (Å²) in [6, 6.07) is -0.207. The highest BCUT2D eigenvalue weighted by Crippen LogP contribution is 2.15. The molecule has 2 unspecified atom stereocenters. The standard InChI is InChI=1S/C11H24N2O3/c1-8-4-13(5-9(2)16-8)11(6-14)10(12)7-15-3/h8-11,14H,4-7,12H2,1-3H3/t8-,9+,10?,11?. The fourth-order valence-corrected chi connectivity index (χ4v) is 2.31. The number of methoxy groups -OCH3 is 1. The molecule has 3 N–H and O–H groups in total. The lowest BCUT2D eigenvalue weighted by molar-refractivity contribution is -0.0909. The molecule has 0 saturated carbocycles. The third-order valence-electron chi connectivity index (χ3n) is 2.96. The summed E-state index contributed by atoms with van der Waals surface area (Å²) in [6.07, 6.45) is 0.375. The van der Waals surface area contributed by atoms with Gasteiger partial charge in [0.15, 0.2) is 0 Å². The van der Waals surface area contributed by atoms with Crippen LogP contribution in [-0.4, -0.2) is 67.7 Å². The Morgan fingerprint density at radius 3 is 2.44 bits per heavy atom. The van der Waals surface area contributed by atoms with E-state index in [1.54, 1.807) is 7.11 Å². The molecule has 0 radical (unpaired) electrons. The summed E-state index contributed by atoms with van der Waals surface area (Å²) < 4.78 is 10.7. The minimum absolute atomic E-state index is 0.0475. The van der Waals surface area contributed by atoms with Crippen LogP contribution in [0, 0.1) is 0 Å². The van der Waals surface area contributed by atoms with Crippen LogP contribution < -0.4 is 5.73 Å². The van der Waals surface area contributed by atoms with E-state index in [4.69, 9.17) is 15.2 Å². The Morgan fingerprint density at radius 2 is 2.00 bits per heavy atom. The van der Waals surface area contributed by atoms with E-state index in [-0.39, 0.29) is 30.9 Å². The maximum Gasteiger partial charge on any atom is 0.0678 e. The quantitative estimate of drug-likeness (QED) is 0.664. The van der Waals surface area contributed by atoms with E-state index in [2.05, 4.69) is 4.90 Å². The lowest BCUT2D eigenvalue weighted by Gasteiger charge is -2.41. The van der Waals surface area contributed by atoms with Gasteiger partial charge in [-0.1, -0.05) is 0 Å². The van der Waals surface area contributed by atoms with Gasteiger partial charge >= 0.3 is 0 Å². The number of ether oxygens (including phenoxy) is 2. The third-order valence-corrected chi connectivity index (χ3v) is 2.96. The average Bonchev–Trinajstić information content (AvgIpc) is 2.17. The molecular weight excluding hydrogens is 208 g/mol. The van der Waals surface area contributed by atoms with Crippen molar-refractivity contribution in [2.75, 3.05) is 33.4 Å². The van der Waals surface area contributed by atoms with Crippen LogP contribution in [0.25, 0.3) is 0 Å². The Labute approximate surface area is 97.5 Å². The molecule has 5 heteroatoms. The lowest BCUT2D eigenvalue weighted by Crippen LogP contribution is -2.58. The summed E-state index contributed by atoms with van der Waals surface area (Å²) in [7, 11) is 1.62. The molecule has 1 fully saturated rings. The monoisotopic (exact) mass is 232 g/mol. The molecule has 0 aromatic carbocycles. The van der Waals surface area contributed by atoms with Crippen LogP contribution in [0.5, 0.6) is 0 Å². The average molecular weight is 232 g/mol. The Balaban J connectivity index is 2.57. The van der Waals surface area contributed by atoms with Crippen molar-refractivity contribution in [1.29, 1.82) is 0 Å². The molecule has 1 aliphatic heterocycles. The fourth-order valence-electron chi connectivity index (χ4n) is 2.31. The number of rotatable bonds is 5. The molecule has 0 amide bonds. The number of hydrogen-bond donors (Lipinski definition) is 2. The van der Waals surface area contributed by atoms with Crippen LogP contribution in [0.4, 0.5) is 0 Å². The predicted molar refractivity (Wildman–Crippen MR) is 62.3 cm³/mol. The zero-order valence-corrected chi connectivity index (χ0v) is 10.4. The second-order valence-electron chi connectivity index (χ2n) is 4.58. The molecule has 0 aromatic rings. The van der Waals surface area contributed by atoms with Crippen molar-refractivity contribution in [2.24, 2.45) is 5.73 Å². The second-order valence-corrected chi connectivity index (χ2v) is 4.58. The largest absolute Gasteiger partial charge is 0.395 e. The number of nitrogens with two attached hydrogens (primary N) is 1. The first kappa shape index (κ1) is 13.9. The highest BCUT2D eigenvalue weighted by Gasteiger charge is 2.30. The molecule has 5 nitrogen and oxygen atoms in total. The molecule has 0 aromatic heterocycles. The van der Waals surface area contributed by atoms with Gasteiger partial charge in [-0.15, -0.1) is 0 Å². The topological polar surface area (TPSA) is 68.0 Å². The van der Waals surface area contributed by atoms with Crippen LogP contribution in [-0.2, 0) is 9.47 Å². The van der Waals surface area contributed by atoms with Crippen LogP contribution in [0.15, 0.2) is 0 Å². The van der Waals surface area contributed by atoms with Crippen LogP contribution in [0.3, 0.4) is 0 Å². The highest BCUT2D eigenvalue weighted by atomic mass is 16.5. The van der Waals surface area contributed by atoms with Crippen molar-refractivity contribution in [2.45, 2.75) is 38.1 Å². The van der Waals surface area contributed by atoms with Crippen molar-refractivity contribution < 1.29 is 14.6 Å². The fraction of sp³-hybridized carbons (Fsp3) is 1.00. The summed E-state index contributed by atoms with van der Waals surface area (Å²) in [5.74, 6) is 0. The van der Waals surface area contributed by atoms with Gasteiger partial charge in [-0.2, -0.15) is 0 Å². The molecule has 0 spiro atoms. The van der Waals surface area contributed by atoms with Gasteiger partial charge in [0.25, 0.3) is 0 Å². The van der Waals surface area contributed by atoms with Crippen LogP contribution >= 0.6 is 0 Å². The van der Waals surface area contributed by atoms with E-state index in [1.165, 1.54) is 0 Å². The third kappa shape index (κ3) is 3.68. The molecule has 0 aliphatic carbocycles. The minimum atomic E-state index is -0.160. The number of aliphatic hydroxyl groups is 1. The molecule has 16 heavy (non-hydrogen) atoms. The van der Waals surface area contributed by atoms with Crippen molar-refractivity contribution in [3.8, 4) is 0 Å². The number of aliphatic hydroxyl groups excluding tert-OH is 1. The van der Waals surface area contributed by atoms with E-state index in [1.807, 2.05) is 13.8 Å². The van der Waals surface area contributed by atoms with Crippen molar-refractivity contribution in [3.05, 3.63) is 0 Å². The van der Waals surface area contributed by atoms with Gasteiger partial charge in [-0.25, -0.2) is 0 Å². The van der Waals surface area contributed by atoms with Crippen LogP contribution in [0.1, 0.15) is 13.8 Å². The van der Waals surface area contributed by atoms with Crippen molar-refractivity contribution in [1.82, 2.24) is 4.90 Å². The summed E-state index contributed by atoms with van der Waals surface area (Å²) >= 11 is 0. The van der Waals surface area contributed by atoms with Gasteiger partial charge < -0.3 is 20.3 Å². The summed E-state index contributed by atoms with van der Waals surface area (Å²) in [4.78, 5) is 2.20. The van der Waals surface area contributed by atoms with Crippen molar-refractivity contribution in [3.63, 3.8) is 0 Å². The number of morpholine rings is 1. The van der Waals surface area contributed by atoms with E-state index >= 15 is 0 Å². The Kier molecular flexibility index (Phi) is 5.64. The van der Waals surface area contributed by atoms with Crippen LogP contribution in [0.2, 0.25) is 0 Å². The van der Waals surface area contributed by atoms with Gasteiger partial charge in [0.1, 0.15) is 0 Å². The zero-order chi connectivity index (χ0) is 12.1. The molecule has 1 aliphatic rings. The van der Waals surface area contributed by atoms with E-state index < -0.39 is 0 Å². The second kappa shape index (κ2) is 6.51. The predicted octanol–water partition coefficient (Wildman–Crippen LogP) is -0.570. The Bertz CT molecular complexity index is 194. The van der Waals surface area contributed by atoms with Gasteiger partial charge in [0.05, 0.1) is 31.5 Å². The molecule has 1 rings (SSSR count). The maximum absolute atomic E-state index is 9.43. The molecule has 0 bridgehead atoms. The molecule has 1 heterocycles. The normalized spacial score (nSPS) is 31.3. The van der Waals surface area contributed by atoms with Gasteiger partial charge in [0.2, 0.25) is 0 Å². The highest BCUT2D eigenvalue weighted by molar-refractivity contribution is 4.86. The zero-order valence-electron chi connectivity index (χ0n) is 10.4. The van der Waals surface area contributed by atoms with Gasteiger partial charge in [-0.05, 0) is 13.8 Å². The van der Waals surface area contributed by atoms with Gasteiger partial charge in [-0.3, -0.25) is 4.90 Å². The van der Waals surface area contributed by atoms with Gasteiger partial charge in [0, 0.05) is 26.2 Å². The summed E-state index contributed by atoms with van der Waals surface area (Å²) in [5, 5.41) is 9.43. The van der Waals surface area contributed by atoms with E-state index in [0.29, 0.717) is 6.61 Å². The number of nitrogens with zero attached hydrogens (tertiary/aromatic N) is 1. The SMILES string of the molecule is COCC(N)C(CO)N1C[C@@H](C)O[C@@H](C)C1. The molecule has 4 atom stereocenters. The first-order chi connectivity index (χ1) is 7.58. The summed E-state index contributed by atoms with van der Waals surface area (Å²) in [5.41, 5.74) is 5.99. The first-order valence-corrected chi connectivity index (χ1v) is 5.83. The molecular formula is C11H24N2O3. The summed E-state index contributed by atoms with van der Waals surface area (Å²) in [6.45, 7) is 6.23. The smallest absolute Gasteiger partial charge is 0.0678 e. The Morgan fingerprint density at radius 1 is 1.44 bits per heavy atom. The van der Waals surface area contributed by atoms with E-state index in [0.717, 1.165) is 13.1 Å². The maximum atomic E-state index is 9.43. The minimum Gasteiger partial charge on any atom is -0.395 e. The number of hydrogen-bond acceptors (Lipinski definition) is 5. The van der Waals surface area contributed by atoms with Crippen molar-refractivity contribution >= 4 is 0 Å². The molecule has 1 saturated heterocycles. The first-order valence-electron chi connectivity index (χ1n) is 5.83. The lowest BCUT2D eigenvalue weighted by atomic mass is 10.1.